The minimum atomic E-state index is 0.173. The molecular formula is C14H16O. The topological polar surface area (TPSA) is 9.23 Å². The first-order valence-electron chi connectivity index (χ1n) is 5.48. The van der Waals surface area contributed by atoms with Crippen LogP contribution in [0.25, 0.3) is 0 Å². The summed E-state index contributed by atoms with van der Waals surface area (Å²) in [6.45, 7) is 4.04. The molecule has 0 atom stereocenters. The Morgan fingerprint density at radius 2 is 2.13 bits per heavy atom. The van der Waals surface area contributed by atoms with E-state index in [1.165, 1.54) is 18.4 Å². The maximum absolute atomic E-state index is 5.71. The zero-order valence-electron chi connectivity index (χ0n) is 9.29. The zero-order valence-corrected chi connectivity index (χ0v) is 9.29. The van der Waals surface area contributed by atoms with Gasteiger partial charge in [-0.15, -0.1) is 6.42 Å². The van der Waals surface area contributed by atoms with E-state index < -0.39 is 0 Å². The van der Waals surface area contributed by atoms with Crippen molar-refractivity contribution in [2.75, 3.05) is 0 Å². The average Bonchev–Trinajstić information content (AvgIpc) is 3.00. The molecular weight excluding hydrogens is 184 g/mol. The lowest BCUT2D eigenvalue weighted by atomic mass is 10.1. The van der Waals surface area contributed by atoms with Crippen molar-refractivity contribution < 1.29 is 4.74 Å². The van der Waals surface area contributed by atoms with Gasteiger partial charge >= 0.3 is 0 Å². The average molecular weight is 200 g/mol. The van der Waals surface area contributed by atoms with E-state index in [0.29, 0.717) is 0 Å². The summed E-state index contributed by atoms with van der Waals surface area (Å²) in [5, 5.41) is 0. The van der Waals surface area contributed by atoms with E-state index >= 15 is 0 Å². The van der Waals surface area contributed by atoms with Gasteiger partial charge in [0.1, 0.15) is 5.75 Å². The van der Waals surface area contributed by atoms with Gasteiger partial charge in [0, 0.05) is 0 Å². The van der Waals surface area contributed by atoms with Gasteiger partial charge < -0.3 is 4.74 Å². The highest BCUT2D eigenvalue weighted by molar-refractivity contribution is 5.48. The molecule has 1 aromatic rings. The Kier molecular flexibility index (Phi) is 2.68. The van der Waals surface area contributed by atoms with Crippen LogP contribution in [-0.2, 0) is 0 Å². The molecule has 0 radical (unpaired) electrons. The van der Waals surface area contributed by atoms with Crippen LogP contribution in [0.2, 0.25) is 0 Å². The molecule has 0 amide bonds. The lowest BCUT2D eigenvalue weighted by molar-refractivity contribution is 0.241. The van der Waals surface area contributed by atoms with Gasteiger partial charge in [0.15, 0.2) is 0 Å². The molecule has 1 fully saturated rings. The Morgan fingerprint density at radius 3 is 2.67 bits per heavy atom. The van der Waals surface area contributed by atoms with Crippen molar-refractivity contribution in [3.63, 3.8) is 0 Å². The van der Waals surface area contributed by atoms with Crippen molar-refractivity contribution in [1.82, 2.24) is 0 Å². The third-order valence-corrected chi connectivity index (χ3v) is 2.57. The van der Waals surface area contributed by atoms with Gasteiger partial charge in [0.25, 0.3) is 0 Å². The van der Waals surface area contributed by atoms with Crippen LogP contribution in [0.4, 0.5) is 0 Å². The Morgan fingerprint density at radius 1 is 1.40 bits per heavy atom. The van der Waals surface area contributed by atoms with Crippen LogP contribution in [-0.4, -0.2) is 6.10 Å². The number of terminal acetylenes is 1. The fourth-order valence-corrected chi connectivity index (χ4v) is 1.68. The standard InChI is InChI=1S/C14H16O/c1-4-11-5-8-13(12-6-7-12)9-14(11)15-10(2)3/h1,5,8-10,12H,6-7H2,2-3H3. The predicted molar refractivity (Wildman–Crippen MR) is 62.1 cm³/mol. The number of ether oxygens (including phenoxy) is 1. The van der Waals surface area contributed by atoms with E-state index in [-0.39, 0.29) is 6.10 Å². The van der Waals surface area contributed by atoms with E-state index in [0.717, 1.165) is 17.2 Å². The number of hydrogen-bond acceptors (Lipinski definition) is 1. The van der Waals surface area contributed by atoms with Gasteiger partial charge in [-0.25, -0.2) is 0 Å². The number of rotatable bonds is 3. The highest BCUT2D eigenvalue weighted by Crippen LogP contribution is 2.41. The van der Waals surface area contributed by atoms with Crippen LogP contribution in [0.3, 0.4) is 0 Å². The number of hydrogen-bond donors (Lipinski definition) is 0. The molecule has 0 N–H and O–H groups in total. The molecule has 1 aliphatic carbocycles. The first kappa shape index (κ1) is 10.1. The maximum Gasteiger partial charge on any atom is 0.135 e. The van der Waals surface area contributed by atoms with Gasteiger partial charge in [-0.05, 0) is 50.3 Å². The van der Waals surface area contributed by atoms with Gasteiger partial charge in [0.2, 0.25) is 0 Å². The fourth-order valence-electron chi connectivity index (χ4n) is 1.68. The lowest BCUT2D eigenvalue weighted by Gasteiger charge is -2.12. The van der Waals surface area contributed by atoms with Crippen molar-refractivity contribution in [3.05, 3.63) is 29.3 Å². The second-order valence-electron chi connectivity index (χ2n) is 4.34. The van der Waals surface area contributed by atoms with E-state index in [1.807, 2.05) is 19.9 Å². The Hall–Kier alpha value is -1.42. The summed E-state index contributed by atoms with van der Waals surface area (Å²) < 4.78 is 5.71. The molecule has 15 heavy (non-hydrogen) atoms. The highest BCUT2D eigenvalue weighted by atomic mass is 16.5. The van der Waals surface area contributed by atoms with Crippen LogP contribution < -0.4 is 4.74 Å². The van der Waals surface area contributed by atoms with Gasteiger partial charge in [-0.2, -0.15) is 0 Å². The Balaban J connectivity index is 2.30. The molecule has 1 aromatic carbocycles. The van der Waals surface area contributed by atoms with E-state index in [1.54, 1.807) is 0 Å². The van der Waals surface area contributed by atoms with Gasteiger partial charge in [-0.1, -0.05) is 12.0 Å². The lowest BCUT2D eigenvalue weighted by Crippen LogP contribution is -2.07. The summed E-state index contributed by atoms with van der Waals surface area (Å²) in [6.07, 6.45) is 8.22. The normalized spacial score (nSPS) is 15.1. The third kappa shape index (κ3) is 2.33. The predicted octanol–water partition coefficient (Wildman–Crippen LogP) is 3.33. The molecule has 78 valence electrons. The van der Waals surface area contributed by atoms with Gasteiger partial charge in [-0.3, -0.25) is 0 Å². The molecule has 2 rings (SSSR count). The van der Waals surface area contributed by atoms with E-state index in [4.69, 9.17) is 11.2 Å². The first-order chi connectivity index (χ1) is 7.20. The van der Waals surface area contributed by atoms with Crippen molar-refractivity contribution in [2.24, 2.45) is 0 Å². The second-order valence-corrected chi connectivity index (χ2v) is 4.34. The van der Waals surface area contributed by atoms with E-state index in [9.17, 15) is 0 Å². The SMILES string of the molecule is C#Cc1ccc(C2CC2)cc1OC(C)C. The van der Waals surface area contributed by atoms with Crippen LogP contribution >= 0.6 is 0 Å². The molecule has 0 aromatic heterocycles. The largest absolute Gasteiger partial charge is 0.490 e. The summed E-state index contributed by atoms with van der Waals surface area (Å²) in [5.74, 6) is 4.26. The van der Waals surface area contributed by atoms with Crippen LogP contribution in [0.5, 0.6) is 5.75 Å². The molecule has 1 heteroatoms. The molecule has 0 bridgehead atoms. The van der Waals surface area contributed by atoms with Crippen molar-refractivity contribution >= 4 is 0 Å². The van der Waals surface area contributed by atoms with Gasteiger partial charge in [0.05, 0.1) is 11.7 Å². The molecule has 0 spiro atoms. The molecule has 1 nitrogen and oxygen atoms in total. The third-order valence-electron chi connectivity index (χ3n) is 2.57. The fraction of sp³-hybridized carbons (Fsp3) is 0.429. The Bertz CT molecular complexity index is 394. The quantitative estimate of drug-likeness (QED) is 0.680. The van der Waals surface area contributed by atoms with Crippen LogP contribution in [0.1, 0.15) is 43.7 Å². The smallest absolute Gasteiger partial charge is 0.135 e. The molecule has 0 saturated heterocycles. The van der Waals surface area contributed by atoms with Crippen LogP contribution in [0, 0.1) is 12.3 Å². The second kappa shape index (κ2) is 3.98. The van der Waals surface area contributed by atoms with E-state index in [2.05, 4.69) is 18.1 Å². The molecule has 1 saturated carbocycles. The molecule has 0 aliphatic heterocycles. The molecule has 0 heterocycles. The zero-order chi connectivity index (χ0) is 10.8. The summed E-state index contributed by atoms with van der Waals surface area (Å²) in [4.78, 5) is 0. The maximum atomic E-state index is 5.71. The molecule has 1 aliphatic rings. The first-order valence-corrected chi connectivity index (χ1v) is 5.48. The molecule has 0 unspecified atom stereocenters. The monoisotopic (exact) mass is 200 g/mol. The van der Waals surface area contributed by atoms with Crippen LogP contribution in [0.15, 0.2) is 18.2 Å². The summed E-state index contributed by atoms with van der Waals surface area (Å²) in [5.41, 5.74) is 2.22. The Labute approximate surface area is 91.5 Å². The van der Waals surface area contributed by atoms with Crippen molar-refractivity contribution in [3.8, 4) is 18.1 Å². The minimum absolute atomic E-state index is 0.173. The van der Waals surface area contributed by atoms with Crippen molar-refractivity contribution in [1.29, 1.82) is 0 Å². The number of benzene rings is 1. The minimum Gasteiger partial charge on any atom is -0.490 e. The summed E-state index contributed by atoms with van der Waals surface area (Å²) >= 11 is 0. The summed E-state index contributed by atoms with van der Waals surface area (Å²) in [6, 6.07) is 6.22. The highest BCUT2D eigenvalue weighted by Gasteiger charge is 2.24. The summed E-state index contributed by atoms with van der Waals surface area (Å²) in [7, 11) is 0. The van der Waals surface area contributed by atoms with Crippen molar-refractivity contribution in [2.45, 2.75) is 38.7 Å².